The number of aromatic nitrogens is 1. The van der Waals surface area contributed by atoms with Crippen LogP contribution in [-0.4, -0.2) is 4.98 Å². The van der Waals surface area contributed by atoms with Crippen LogP contribution in [0.1, 0.15) is 17.7 Å². The van der Waals surface area contributed by atoms with Crippen molar-refractivity contribution in [1.29, 1.82) is 0 Å². The van der Waals surface area contributed by atoms with E-state index in [0.717, 1.165) is 5.69 Å². The standard InChI is InChI=1S/C11H12N2/c12-7-4-5-9-8-2-1-3-10(8)13-11(9)6-7/h4-6,13H,1-3,12H2. The van der Waals surface area contributed by atoms with Gasteiger partial charge >= 0.3 is 0 Å². The summed E-state index contributed by atoms with van der Waals surface area (Å²) < 4.78 is 0. The molecular weight excluding hydrogens is 160 g/mol. The number of aromatic amines is 1. The van der Waals surface area contributed by atoms with Crippen LogP contribution in [0.2, 0.25) is 0 Å². The molecule has 0 atom stereocenters. The Kier molecular flexibility index (Phi) is 1.23. The molecule has 1 aromatic heterocycles. The molecule has 1 aliphatic carbocycles. The van der Waals surface area contributed by atoms with Crippen LogP contribution in [-0.2, 0) is 12.8 Å². The van der Waals surface area contributed by atoms with Gasteiger partial charge in [0.05, 0.1) is 0 Å². The van der Waals surface area contributed by atoms with Gasteiger partial charge in [-0.05, 0) is 37.0 Å². The quantitative estimate of drug-likeness (QED) is 0.588. The van der Waals surface area contributed by atoms with Crippen LogP contribution in [0.5, 0.6) is 0 Å². The summed E-state index contributed by atoms with van der Waals surface area (Å²) in [5.74, 6) is 0. The molecule has 3 N–H and O–H groups in total. The predicted octanol–water partition coefficient (Wildman–Crippen LogP) is 2.24. The number of nitrogens with two attached hydrogens (primary N) is 1. The fourth-order valence-corrected chi connectivity index (χ4v) is 2.27. The van der Waals surface area contributed by atoms with E-state index in [1.807, 2.05) is 12.1 Å². The number of H-pyrrole nitrogens is 1. The predicted molar refractivity (Wildman–Crippen MR) is 54.7 cm³/mol. The molecule has 0 saturated heterocycles. The van der Waals surface area contributed by atoms with Crippen molar-refractivity contribution < 1.29 is 0 Å². The number of aryl methyl sites for hydroxylation is 2. The van der Waals surface area contributed by atoms with Crippen LogP contribution < -0.4 is 5.73 Å². The van der Waals surface area contributed by atoms with Crippen molar-refractivity contribution in [3.05, 3.63) is 29.5 Å². The Hall–Kier alpha value is -1.44. The fourth-order valence-electron chi connectivity index (χ4n) is 2.27. The van der Waals surface area contributed by atoms with Gasteiger partial charge in [-0.1, -0.05) is 6.07 Å². The number of rotatable bonds is 0. The van der Waals surface area contributed by atoms with Gasteiger partial charge in [0, 0.05) is 22.3 Å². The Labute approximate surface area is 76.8 Å². The van der Waals surface area contributed by atoms with Crippen molar-refractivity contribution in [2.24, 2.45) is 0 Å². The molecule has 2 aromatic rings. The first-order valence-electron chi connectivity index (χ1n) is 4.73. The minimum atomic E-state index is 0.840. The summed E-state index contributed by atoms with van der Waals surface area (Å²) in [7, 11) is 0. The lowest BCUT2D eigenvalue weighted by molar-refractivity contribution is 0.899. The zero-order valence-corrected chi connectivity index (χ0v) is 7.43. The van der Waals surface area contributed by atoms with Gasteiger partial charge < -0.3 is 10.7 Å². The molecule has 0 amide bonds. The summed E-state index contributed by atoms with van der Waals surface area (Å²) in [6, 6.07) is 6.13. The Morgan fingerprint density at radius 2 is 2.15 bits per heavy atom. The van der Waals surface area contributed by atoms with Gasteiger partial charge in [0.15, 0.2) is 0 Å². The Morgan fingerprint density at radius 1 is 1.23 bits per heavy atom. The molecule has 2 nitrogen and oxygen atoms in total. The first-order valence-corrected chi connectivity index (χ1v) is 4.73. The third kappa shape index (κ3) is 0.886. The van der Waals surface area contributed by atoms with Gasteiger partial charge in [0.25, 0.3) is 0 Å². The summed E-state index contributed by atoms with van der Waals surface area (Å²) >= 11 is 0. The molecule has 0 unspecified atom stereocenters. The second-order valence-electron chi connectivity index (χ2n) is 3.74. The van der Waals surface area contributed by atoms with E-state index in [2.05, 4.69) is 11.1 Å². The van der Waals surface area contributed by atoms with Gasteiger partial charge in [0.2, 0.25) is 0 Å². The number of nitrogens with one attached hydrogen (secondary N) is 1. The number of hydrogen-bond donors (Lipinski definition) is 2. The van der Waals surface area contributed by atoms with Gasteiger partial charge in [-0.2, -0.15) is 0 Å². The molecule has 1 aromatic carbocycles. The van der Waals surface area contributed by atoms with Crippen molar-refractivity contribution >= 4 is 16.6 Å². The second-order valence-corrected chi connectivity index (χ2v) is 3.74. The lowest BCUT2D eigenvalue weighted by Crippen LogP contribution is -1.83. The Bertz CT molecular complexity index is 468. The molecule has 0 aliphatic heterocycles. The average Bonchev–Trinajstić information content (AvgIpc) is 2.62. The summed E-state index contributed by atoms with van der Waals surface area (Å²) in [5, 5.41) is 1.36. The highest BCUT2D eigenvalue weighted by atomic mass is 14.7. The van der Waals surface area contributed by atoms with Crippen LogP contribution in [0.4, 0.5) is 5.69 Å². The summed E-state index contributed by atoms with van der Waals surface area (Å²) in [5.41, 5.74) is 10.7. The molecule has 0 spiro atoms. The molecular formula is C11H12N2. The number of fused-ring (bicyclic) bond motifs is 3. The third-order valence-corrected chi connectivity index (χ3v) is 2.87. The molecule has 13 heavy (non-hydrogen) atoms. The second kappa shape index (κ2) is 2.28. The van der Waals surface area contributed by atoms with E-state index < -0.39 is 0 Å². The smallest absolute Gasteiger partial charge is 0.0479 e. The number of benzene rings is 1. The largest absolute Gasteiger partial charge is 0.399 e. The Balaban J connectivity index is 2.38. The van der Waals surface area contributed by atoms with E-state index in [-0.39, 0.29) is 0 Å². The van der Waals surface area contributed by atoms with Gasteiger partial charge in [-0.3, -0.25) is 0 Å². The maximum atomic E-state index is 5.72. The van der Waals surface area contributed by atoms with Gasteiger partial charge in [-0.15, -0.1) is 0 Å². The normalized spacial score (nSPS) is 15.1. The molecule has 1 heterocycles. The molecule has 2 heteroatoms. The highest BCUT2D eigenvalue weighted by molar-refractivity contribution is 5.87. The van der Waals surface area contributed by atoms with Crippen molar-refractivity contribution in [2.45, 2.75) is 19.3 Å². The van der Waals surface area contributed by atoms with E-state index in [1.54, 1.807) is 0 Å². The maximum Gasteiger partial charge on any atom is 0.0479 e. The number of anilines is 1. The maximum absolute atomic E-state index is 5.72. The van der Waals surface area contributed by atoms with Crippen LogP contribution in [0, 0.1) is 0 Å². The van der Waals surface area contributed by atoms with Gasteiger partial charge in [-0.25, -0.2) is 0 Å². The average molecular weight is 172 g/mol. The monoisotopic (exact) mass is 172 g/mol. The lowest BCUT2D eigenvalue weighted by atomic mass is 10.1. The molecule has 66 valence electrons. The van der Waals surface area contributed by atoms with Crippen LogP contribution in [0.15, 0.2) is 18.2 Å². The van der Waals surface area contributed by atoms with E-state index in [0.29, 0.717) is 0 Å². The first-order chi connectivity index (χ1) is 6.34. The highest BCUT2D eigenvalue weighted by Gasteiger charge is 2.16. The van der Waals surface area contributed by atoms with Crippen LogP contribution in [0.3, 0.4) is 0 Å². The fraction of sp³-hybridized carbons (Fsp3) is 0.273. The van der Waals surface area contributed by atoms with Gasteiger partial charge in [0.1, 0.15) is 0 Å². The molecule has 1 aliphatic rings. The van der Waals surface area contributed by atoms with Crippen molar-refractivity contribution in [1.82, 2.24) is 4.98 Å². The summed E-state index contributed by atoms with van der Waals surface area (Å²) in [6.07, 6.45) is 3.71. The SMILES string of the molecule is Nc1ccc2c3c([nH]c2c1)CCC3. The zero-order valence-electron chi connectivity index (χ0n) is 7.43. The topological polar surface area (TPSA) is 41.8 Å². The lowest BCUT2D eigenvalue weighted by Gasteiger charge is -1.95. The molecule has 0 saturated carbocycles. The molecule has 3 rings (SSSR count). The van der Waals surface area contributed by atoms with E-state index in [1.165, 1.54) is 41.4 Å². The summed E-state index contributed by atoms with van der Waals surface area (Å²) in [6.45, 7) is 0. The van der Waals surface area contributed by atoms with Crippen molar-refractivity contribution in [3.8, 4) is 0 Å². The van der Waals surface area contributed by atoms with Crippen LogP contribution in [0.25, 0.3) is 10.9 Å². The third-order valence-electron chi connectivity index (χ3n) is 2.87. The van der Waals surface area contributed by atoms with E-state index in [4.69, 9.17) is 5.73 Å². The molecule has 0 fully saturated rings. The van der Waals surface area contributed by atoms with E-state index >= 15 is 0 Å². The highest BCUT2D eigenvalue weighted by Crippen LogP contribution is 2.30. The number of nitrogen functional groups attached to an aromatic ring is 1. The Morgan fingerprint density at radius 3 is 3.08 bits per heavy atom. The minimum absolute atomic E-state index is 0.840. The van der Waals surface area contributed by atoms with Crippen molar-refractivity contribution in [2.75, 3.05) is 5.73 Å². The van der Waals surface area contributed by atoms with E-state index in [9.17, 15) is 0 Å². The number of hydrogen-bond acceptors (Lipinski definition) is 1. The minimum Gasteiger partial charge on any atom is -0.399 e. The molecule has 0 bridgehead atoms. The van der Waals surface area contributed by atoms with Crippen LogP contribution >= 0.6 is 0 Å². The zero-order chi connectivity index (χ0) is 8.84. The first kappa shape index (κ1) is 7.01. The summed E-state index contributed by atoms with van der Waals surface area (Å²) in [4.78, 5) is 3.44. The molecule has 0 radical (unpaired) electrons. The van der Waals surface area contributed by atoms with Crippen molar-refractivity contribution in [3.63, 3.8) is 0 Å².